The molecule has 2 aliphatic rings. The van der Waals surface area contributed by atoms with E-state index >= 15 is 0 Å². The Kier molecular flexibility index (Phi) is 5.64. The number of piperidine rings is 1. The fourth-order valence-corrected chi connectivity index (χ4v) is 3.39. The highest BCUT2D eigenvalue weighted by Gasteiger charge is 2.22. The molecule has 23 heavy (non-hydrogen) atoms. The zero-order chi connectivity index (χ0) is 16.1. The molecule has 128 valence electrons. The summed E-state index contributed by atoms with van der Waals surface area (Å²) in [6, 6.07) is 2.05. The third-order valence-corrected chi connectivity index (χ3v) is 4.81. The van der Waals surface area contributed by atoms with Crippen LogP contribution in [-0.2, 0) is 11.3 Å². The molecule has 2 saturated heterocycles. The number of aromatic nitrogens is 2. The molecule has 0 spiro atoms. The molecule has 0 saturated carbocycles. The minimum atomic E-state index is 0.130. The molecule has 2 fully saturated rings. The zero-order valence-corrected chi connectivity index (χ0v) is 13.7. The molecule has 1 aromatic rings. The number of rotatable bonds is 5. The van der Waals surface area contributed by atoms with Crippen LogP contribution in [-0.4, -0.2) is 83.0 Å². The summed E-state index contributed by atoms with van der Waals surface area (Å²) < 4.78 is 1.77. The van der Waals surface area contributed by atoms with Crippen LogP contribution in [0.3, 0.4) is 0 Å². The van der Waals surface area contributed by atoms with Crippen LogP contribution in [0, 0.1) is 0 Å². The maximum atomic E-state index is 12.4. The summed E-state index contributed by atoms with van der Waals surface area (Å²) in [6.07, 6.45) is 4.28. The number of carbonyl (C=O) groups is 1. The first-order valence-corrected chi connectivity index (χ1v) is 8.61. The van der Waals surface area contributed by atoms with Crippen LogP contribution in [0.4, 0.5) is 0 Å². The van der Waals surface area contributed by atoms with E-state index in [0.717, 1.165) is 45.0 Å². The first kappa shape index (κ1) is 16.4. The van der Waals surface area contributed by atoms with Gasteiger partial charge in [-0.1, -0.05) is 0 Å². The number of nitrogens with zero attached hydrogens (tertiary/aromatic N) is 4. The van der Waals surface area contributed by atoms with Crippen LogP contribution in [0.2, 0.25) is 0 Å². The maximum absolute atomic E-state index is 12.4. The lowest BCUT2D eigenvalue weighted by atomic mass is 9.97. The van der Waals surface area contributed by atoms with Gasteiger partial charge in [0.25, 0.3) is 0 Å². The first-order chi connectivity index (χ1) is 11.3. The van der Waals surface area contributed by atoms with E-state index in [0.29, 0.717) is 19.0 Å². The quantitative estimate of drug-likeness (QED) is 0.764. The van der Waals surface area contributed by atoms with Crippen molar-refractivity contribution in [3.05, 3.63) is 18.0 Å². The fourth-order valence-electron chi connectivity index (χ4n) is 3.39. The molecule has 7 nitrogen and oxygen atoms in total. The van der Waals surface area contributed by atoms with Crippen LogP contribution in [0.25, 0.3) is 0 Å². The van der Waals surface area contributed by atoms with Gasteiger partial charge in [-0.2, -0.15) is 5.10 Å². The Balaban J connectivity index is 1.49. The lowest BCUT2D eigenvalue weighted by Crippen LogP contribution is -2.50. The average molecular weight is 321 g/mol. The smallest absolute Gasteiger partial charge is 0.244 e. The second kappa shape index (κ2) is 7.90. The molecule has 2 N–H and O–H groups in total. The third-order valence-electron chi connectivity index (χ3n) is 4.81. The molecule has 1 atom stereocenters. The van der Waals surface area contributed by atoms with Gasteiger partial charge in [-0.25, -0.2) is 0 Å². The molecular formula is C16H27N5O2. The van der Waals surface area contributed by atoms with Crippen molar-refractivity contribution in [2.45, 2.75) is 25.3 Å². The van der Waals surface area contributed by atoms with Crippen LogP contribution >= 0.6 is 0 Å². The van der Waals surface area contributed by atoms with Crippen molar-refractivity contribution in [1.29, 1.82) is 0 Å². The molecule has 7 heteroatoms. The van der Waals surface area contributed by atoms with Gasteiger partial charge in [0.15, 0.2) is 0 Å². The Morgan fingerprint density at radius 1 is 1.35 bits per heavy atom. The molecule has 3 heterocycles. The minimum Gasteiger partial charge on any atom is -0.395 e. The minimum absolute atomic E-state index is 0.130. The topological polar surface area (TPSA) is 73.6 Å². The molecule has 0 aliphatic carbocycles. The summed E-state index contributed by atoms with van der Waals surface area (Å²) in [5, 5.41) is 17.0. The average Bonchev–Trinajstić information content (AvgIpc) is 3.05. The van der Waals surface area contributed by atoms with Crippen molar-refractivity contribution < 1.29 is 9.90 Å². The van der Waals surface area contributed by atoms with Crippen molar-refractivity contribution in [2.24, 2.45) is 0 Å². The molecule has 0 aromatic carbocycles. The van der Waals surface area contributed by atoms with Crippen LogP contribution in [0.15, 0.2) is 12.3 Å². The summed E-state index contributed by atoms with van der Waals surface area (Å²) in [4.78, 5) is 16.5. The Hall–Kier alpha value is -1.44. The lowest BCUT2D eigenvalue weighted by Gasteiger charge is -2.34. The van der Waals surface area contributed by atoms with E-state index in [2.05, 4.69) is 15.3 Å². The normalized spacial score (nSPS) is 23.2. The van der Waals surface area contributed by atoms with E-state index in [1.165, 1.54) is 12.8 Å². The summed E-state index contributed by atoms with van der Waals surface area (Å²) in [5.41, 5.74) is 1.10. The van der Waals surface area contributed by atoms with E-state index in [4.69, 9.17) is 5.11 Å². The summed E-state index contributed by atoms with van der Waals surface area (Å²) in [6.45, 7) is 6.42. The van der Waals surface area contributed by atoms with E-state index in [1.807, 2.05) is 17.2 Å². The molecule has 2 aliphatic heterocycles. The number of β-amino-alcohol motifs (C(OH)–C–C–N with tert-alkyl or cyclic N) is 1. The number of hydrogen-bond acceptors (Lipinski definition) is 5. The van der Waals surface area contributed by atoms with Gasteiger partial charge in [0.05, 0.1) is 12.3 Å². The van der Waals surface area contributed by atoms with Crippen molar-refractivity contribution >= 4 is 5.91 Å². The molecule has 0 unspecified atom stereocenters. The second-order valence-electron chi connectivity index (χ2n) is 6.43. The SMILES string of the molecule is O=C(Cn1ccc([C@@H]2CCCNC2)n1)N1CCN(CCO)CC1. The summed E-state index contributed by atoms with van der Waals surface area (Å²) in [5.74, 6) is 0.604. The number of nitrogens with one attached hydrogen (secondary N) is 1. The first-order valence-electron chi connectivity index (χ1n) is 8.61. The van der Waals surface area contributed by atoms with E-state index < -0.39 is 0 Å². The second-order valence-corrected chi connectivity index (χ2v) is 6.43. The highest BCUT2D eigenvalue weighted by Crippen LogP contribution is 2.21. The lowest BCUT2D eigenvalue weighted by molar-refractivity contribution is -0.133. The maximum Gasteiger partial charge on any atom is 0.244 e. The van der Waals surface area contributed by atoms with Crippen molar-refractivity contribution in [2.75, 3.05) is 52.4 Å². The molecule has 3 rings (SSSR count). The van der Waals surface area contributed by atoms with Gasteiger partial charge >= 0.3 is 0 Å². The van der Waals surface area contributed by atoms with Crippen molar-refractivity contribution in [3.8, 4) is 0 Å². The summed E-state index contributed by atoms with van der Waals surface area (Å²) >= 11 is 0. The van der Waals surface area contributed by atoms with Crippen LogP contribution in [0.1, 0.15) is 24.5 Å². The van der Waals surface area contributed by atoms with E-state index in [-0.39, 0.29) is 12.5 Å². The van der Waals surface area contributed by atoms with E-state index in [1.54, 1.807) is 4.68 Å². The van der Waals surface area contributed by atoms with Crippen molar-refractivity contribution in [1.82, 2.24) is 24.9 Å². The Labute approximate surface area is 137 Å². The van der Waals surface area contributed by atoms with Gasteiger partial charge < -0.3 is 15.3 Å². The van der Waals surface area contributed by atoms with Gasteiger partial charge in [0.2, 0.25) is 5.91 Å². The van der Waals surface area contributed by atoms with Gasteiger partial charge in [0.1, 0.15) is 6.54 Å². The number of carbonyl (C=O) groups excluding carboxylic acids is 1. The molecule has 1 amide bonds. The molecule has 0 bridgehead atoms. The summed E-state index contributed by atoms with van der Waals surface area (Å²) in [7, 11) is 0. The van der Waals surface area contributed by atoms with Crippen LogP contribution < -0.4 is 5.32 Å². The third kappa shape index (κ3) is 4.31. The van der Waals surface area contributed by atoms with Crippen LogP contribution in [0.5, 0.6) is 0 Å². The van der Waals surface area contributed by atoms with Gasteiger partial charge in [-0.3, -0.25) is 14.4 Å². The Bertz CT molecular complexity index is 504. The largest absolute Gasteiger partial charge is 0.395 e. The van der Waals surface area contributed by atoms with Gasteiger partial charge in [-0.15, -0.1) is 0 Å². The van der Waals surface area contributed by atoms with E-state index in [9.17, 15) is 4.79 Å². The molecule has 0 radical (unpaired) electrons. The molecule has 1 aromatic heterocycles. The number of aliphatic hydroxyl groups is 1. The highest BCUT2D eigenvalue weighted by molar-refractivity contribution is 5.76. The predicted molar refractivity (Wildman–Crippen MR) is 87.2 cm³/mol. The number of amides is 1. The predicted octanol–water partition coefficient (Wildman–Crippen LogP) is -0.513. The Morgan fingerprint density at radius 2 is 2.17 bits per heavy atom. The highest BCUT2D eigenvalue weighted by atomic mass is 16.3. The van der Waals surface area contributed by atoms with Gasteiger partial charge in [-0.05, 0) is 25.5 Å². The monoisotopic (exact) mass is 321 g/mol. The number of piperazine rings is 1. The Morgan fingerprint density at radius 3 is 2.87 bits per heavy atom. The van der Waals surface area contributed by atoms with Crippen molar-refractivity contribution in [3.63, 3.8) is 0 Å². The molecular weight excluding hydrogens is 294 g/mol. The zero-order valence-electron chi connectivity index (χ0n) is 13.7. The fraction of sp³-hybridized carbons (Fsp3) is 0.750. The standard InChI is InChI=1S/C16H27N5O2/c22-11-10-19-6-8-20(9-7-19)16(23)13-21-5-3-15(18-21)14-2-1-4-17-12-14/h3,5,14,17,22H,1-2,4,6-13H2/t14-/m1/s1. The van der Waals surface area contributed by atoms with Gasteiger partial charge in [0, 0.05) is 51.4 Å². The number of hydrogen-bond donors (Lipinski definition) is 2. The number of aliphatic hydroxyl groups excluding tert-OH is 1.